The van der Waals surface area contributed by atoms with Gasteiger partial charge in [0.25, 0.3) is 0 Å². The van der Waals surface area contributed by atoms with Crippen LogP contribution in [0.2, 0.25) is 0 Å². The molecule has 0 radical (unpaired) electrons. The minimum atomic E-state index is -0.0158. The third kappa shape index (κ3) is 2.86. The number of aromatic hydroxyl groups is 1. The second kappa shape index (κ2) is 6.75. The summed E-state index contributed by atoms with van der Waals surface area (Å²) in [7, 11) is 0. The van der Waals surface area contributed by atoms with Gasteiger partial charge in [0.2, 0.25) is 0 Å². The van der Waals surface area contributed by atoms with E-state index < -0.39 is 0 Å². The highest BCUT2D eigenvalue weighted by molar-refractivity contribution is 5.74. The van der Waals surface area contributed by atoms with Crippen LogP contribution in [0.1, 0.15) is 69.9 Å². The normalized spacial score (nSPS) is 32.2. The first-order valence-electron chi connectivity index (χ1n) is 10.2. The fourth-order valence-corrected chi connectivity index (χ4v) is 5.65. The third-order valence-electron chi connectivity index (χ3n) is 7.10. The molecule has 0 amide bonds. The predicted octanol–water partition coefficient (Wildman–Crippen LogP) is 5.26. The van der Waals surface area contributed by atoms with Crippen molar-refractivity contribution in [3.8, 4) is 5.75 Å². The predicted molar refractivity (Wildman–Crippen MR) is 103 cm³/mol. The number of benzene rings is 1. The molecule has 26 heavy (non-hydrogen) atoms. The number of carbonyl (C=O) groups is 1. The smallest absolute Gasteiger partial charge is 0.306 e. The number of esters is 1. The van der Waals surface area contributed by atoms with E-state index in [0.29, 0.717) is 24.0 Å². The molecule has 1 saturated carbocycles. The molecule has 3 nitrogen and oxygen atoms in total. The first kappa shape index (κ1) is 17.6. The van der Waals surface area contributed by atoms with E-state index in [1.165, 1.54) is 16.7 Å². The van der Waals surface area contributed by atoms with Crippen LogP contribution in [0.25, 0.3) is 5.57 Å². The van der Waals surface area contributed by atoms with Crippen LogP contribution in [-0.2, 0) is 16.0 Å². The van der Waals surface area contributed by atoms with Crippen molar-refractivity contribution in [1.29, 1.82) is 0 Å². The number of aryl methyl sites for hydroxylation is 1. The summed E-state index contributed by atoms with van der Waals surface area (Å²) < 4.78 is 5.95. The Morgan fingerprint density at radius 3 is 2.96 bits per heavy atom. The molecule has 3 heteroatoms. The van der Waals surface area contributed by atoms with Gasteiger partial charge >= 0.3 is 5.97 Å². The Bertz CT molecular complexity index is 735. The molecule has 3 unspecified atom stereocenters. The molecule has 0 spiro atoms. The Morgan fingerprint density at radius 2 is 2.15 bits per heavy atom. The molecule has 1 fully saturated rings. The van der Waals surface area contributed by atoms with Gasteiger partial charge in [-0.15, -0.1) is 0 Å². The molecule has 0 heterocycles. The van der Waals surface area contributed by atoms with Gasteiger partial charge in [-0.05, 0) is 79.2 Å². The van der Waals surface area contributed by atoms with Crippen molar-refractivity contribution in [1.82, 2.24) is 0 Å². The molecular weight excluding hydrogens is 324 g/mol. The summed E-state index contributed by atoms with van der Waals surface area (Å²) in [4.78, 5) is 12.2. The van der Waals surface area contributed by atoms with Crippen LogP contribution in [0.5, 0.6) is 5.75 Å². The first-order valence-corrected chi connectivity index (χ1v) is 10.2. The fraction of sp³-hybridized carbons (Fsp3) is 0.609. The van der Waals surface area contributed by atoms with Gasteiger partial charge in [0.15, 0.2) is 0 Å². The zero-order valence-electron chi connectivity index (χ0n) is 16.0. The lowest BCUT2D eigenvalue weighted by Crippen LogP contribution is -2.41. The highest BCUT2D eigenvalue weighted by atomic mass is 16.5. The average molecular weight is 354 g/mol. The summed E-state index contributed by atoms with van der Waals surface area (Å²) in [5, 5.41) is 9.79. The molecule has 140 valence electrons. The van der Waals surface area contributed by atoms with Crippen LogP contribution >= 0.6 is 0 Å². The quantitative estimate of drug-likeness (QED) is 0.750. The van der Waals surface area contributed by atoms with E-state index in [9.17, 15) is 9.90 Å². The van der Waals surface area contributed by atoms with Gasteiger partial charge in [-0.2, -0.15) is 0 Å². The SMILES string of the molecule is CCCCC(=O)OC1CCC2C3CCc4cc(O)ccc4C3=CC[C@]12C. The Balaban J connectivity index is 1.57. The summed E-state index contributed by atoms with van der Waals surface area (Å²) >= 11 is 0. The van der Waals surface area contributed by atoms with Crippen molar-refractivity contribution >= 4 is 11.5 Å². The van der Waals surface area contributed by atoms with Crippen LogP contribution in [0.3, 0.4) is 0 Å². The van der Waals surface area contributed by atoms with Crippen molar-refractivity contribution in [2.75, 3.05) is 0 Å². The minimum absolute atomic E-state index is 0.0158. The van der Waals surface area contributed by atoms with E-state index in [0.717, 1.165) is 44.9 Å². The van der Waals surface area contributed by atoms with Gasteiger partial charge in [-0.25, -0.2) is 0 Å². The number of phenols is 1. The number of unbranched alkanes of at least 4 members (excludes halogenated alkanes) is 1. The highest BCUT2D eigenvalue weighted by Crippen LogP contribution is 2.59. The average Bonchev–Trinajstić information content (AvgIpc) is 2.96. The Kier molecular flexibility index (Phi) is 4.58. The number of ether oxygens (including phenoxy) is 1. The standard InChI is InChI=1S/C23H30O3/c1-3-4-5-22(25)26-21-11-10-20-19-8-6-15-14-16(24)7-9-17(15)18(19)12-13-23(20,21)2/h7,9,12,14,19-21,24H,3-6,8,10-11,13H2,1-2H3/t19?,20?,21?,23-/m0/s1. The van der Waals surface area contributed by atoms with Crippen LogP contribution < -0.4 is 0 Å². The number of carbonyl (C=O) groups excluding carboxylic acids is 1. The van der Waals surface area contributed by atoms with Crippen LogP contribution in [-0.4, -0.2) is 17.2 Å². The fourth-order valence-electron chi connectivity index (χ4n) is 5.65. The monoisotopic (exact) mass is 354 g/mol. The molecule has 3 aliphatic rings. The summed E-state index contributed by atoms with van der Waals surface area (Å²) in [6.45, 7) is 4.44. The molecule has 1 N–H and O–H groups in total. The van der Waals surface area contributed by atoms with Gasteiger partial charge in [0, 0.05) is 11.8 Å². The number of phenolic OH excluding ortho intramolecular Hbond substituents is 1. The Morgan fingerprint density at radius 1 is 1.31 bits per heavy atom. The van der Waals surface area contributed by atoms with Gasteiger partial charge in [-0.3, -0.25) is 4.79 Å². The van der Waals surface area contributed by atoms with Crippen molar-refractivity contribution in [2.45, 2.75) is 71.3 Å². The number of hydrogen-bond donors (Lipinski definition) is 1. The molecule has 1 aromatic carbocycles. The Hall–Kier alpha value is -1.77. The zero-order chi connectivity index (χ0) is 18.3. The third-order valence-corrected chi connectivity index (χ3v) is 7.10. The van der Waals surface area contributed by atoms with Crippen LogP contribution in [0.15, 0.2) is 24.3 Å². The molecule has 0 aliphatic heterocycles. The molecule has 0 saturated heterocycles. The Labute approximate surface area is 156 Å². The van der Waals surface area contributed by atoms with Crippen LogP contribution in [0.4, 0.5) is 0 Å². The van der Waals surface area contributed by atoms with Crippen molar-refractivity contribution in [2.24, 2.45) is 17.3 Å². The highest BCUT2D eigenvalue weighted by Gasteiger charge is 2.53. The van der Waals surface area contributed by atoms with Gasteiger partial charge in [0.1, 0.15) is 11.9 Å². The molecule has 1 aromatic rings. The number of rotatable bonds is 4. The number of hydrogen-bond acceptors (Lipinski definition) is 3. The lowest BCUT2D eigenvalue weighted by atomic mass is 9.60. The molecule has 0 aromatic heterocycles. The molecule has 4 rings (SSSR count). The molecular formula is C23H30O3. The first-order chi connectivity index (χ1) is 12.5. The van der Waals surface area contributed by atoms with E-state index in [4.69, 9.17) is 4.74 Å². The second-order valence-corrected chi connectivity index (χ2v) is 8.62. The zero-order valence-corrected chi connectivity index (χ0v) is 16.0. The number of fused-ring (bicyclic) bond motifs is 5. The van der Waals surface area contributed by atoms with E-state index in [-0.39, 0.29) is 17.5 Å². The minimum Gasteiger partial charge on any atom is -0.508 e. The topological polar surface area (TPSA) is 46.5 Å². The molecule has 4 atom stereocenters. The maximum absolute atomic E-state index is 12.2. The second-order valence-electron chi connectivity index (χ2n) is 8.62. The van der Waals surface area contributed by atoms with Crippen molar-refractivity contribution in [3.63, 3.8) is 0 Å². The van der Waals surface area contributed by atoms with Gasteiger partial charge in [-0.1, -0.05) is 32.4 Å². The van der Waals surface area contributed by atoms with Crippen molar-refractivity contribution < 1.29 is 14.6 Å². The summed E-state index contributed by atoms with van der Waals surface area (Å²) in [6, 6.07) is 5.82. The largest absolute Gasteiger partial charge is 0.508 e. The van der Waals surface area contributed by atoms with Crippen LogP contribution in [0, 0.1) is 17.3 Å². The van der Waals surface area contributed by atoms with E-state index in [1.54, 1.807) is 0 Å². The van der Waals surface area contributed by atoms with Gasteiger partial charge < -0.3 is 9.84 Å². The molecule has 3 aliphatic carbocycles. The number of allylic oxidation sites excluding steroid dienone is 2. The van der Waals surface area contributed by atoms with E-state index >= 15 is 0 Å². The van der Waals surface area contributed by atoms with E-state index in [2.05, 4.69) is 26.0 Å². The lowest BCUT2D eigenvalue weighted by Gasteiger charge is -2.46. The van der Waals surface area contributed by atoms with E-state index in [1.807, 2.05) is 12.1 Å². The molecule has 0 bridgehead atoms. The summed E-state index contributed by atoms with van der Waals surface area (Å²) in [6.07, 6.45) is 10.3. The van der Waals surface area contributed by atoms with Crippen molar-refractivity contribution in [3.05, 3.63) is 35.4 Å². The summed E-state index contributed by atoms with van der Waals surface area (Å²) in [5.41, 5.74) is 4.14. The maximum atomic E-state index is 12.2. The summed E-state index contributed by atoms with van der Waals surface area (Å²) in [5.74, 6) is 1.50. The maximum Gasteiger partial charge on any atom is 0.306 e. The van der Waals surface area contributed by atoms with Gasteiger partial charge in [0.05, 0.1) is 0 Å². The lowest BCUT2D eigenvalue weighted by molar-refractivity contribution is -0.155.